The van der Waals surface area contributed by atoms with Crippen LogP contribution in [0.2, 0.25) is 0 Å². The van der Waals surface area contributed by atoms with Crippen molar-refractivity contribution in [3.05, 3.63) is 0 Å². The first kappa shape index (κ1) is 21.9. The summed E-state index contributed by atoms with van der Waals surface area (Å²) < 4.78 is 5.16. The number of rotatable bonds is 9. The van der Waals surface area contributed by atoms with Gasteiger partial charge in [-0.2, -0.15) is 0 Å². The quantitative estimate of drug-likeness (QED) is 0.423. The van der Waals surface area contributed by atoms with E-state index in [1.54, 1.807) is 20.8 Å². The van der Waals surface area contributed by atoms with Gasteiger partial charge in [0.25, 0.3) is 0 Å². The number of carboxylic acid groups (broad SMARTS) is 1. The zero-order valence-corrected chi connectivity index (χ0v) is 15.0. The van der Waals surface area contributed by atoms with Crippen LogP contribution in [0.4, 0.5) is 0 Å². The summed E-state index contributed by atoms with van der Waals surface area (Å²) in [7, 11) is 0. The zero-order valence-electron chi connectivity index (χ0n) is 15.0. The molecule has 0 rings (SSSR count). The predicted octanol–water partition coefficient (Wildman–Crippen LogP) is 0.982. The van der Waals surface area contributed by atoms with Gasteiger partial charge in [0.2, 0.25) is 11.8 Å². The van der Waals surface area contributed by atoms with Crippen LogP contribution in [-0.4, -0.2) is 46.5 Å². The zero-order chi connectivity index (χ0) is 18.9. The number of hydrogen-bond donors (Lipinski definition) is 3. The first-order valence-corrected chi connectivity index (χ1v) is 7.96. The largest absolute Gasteiger partial charge is 0.480 e. The minimum absolute atomic E-state index is 0.175. The summed E-state index contributed by atoms with van der Waals surface area (Å²) in [4.78, 5) is 45.6. The Labute approximate surface area is 142 Å². The summed E-state index contributed by atoms with van der Waals surface area (Å²) in [6, 6.07) is -1.85. The van der Waals surface area contributed by atoms with Crippen molar-refractivity contribution < 1.29 is 29.0 Å². The molecule has 0 unspecified atom stereocenters. The van der Waals surface area contributed by atoms with E-state index in [1.165, 1.54) is 13.8 Å². The molecule has 2 amide bonds. The molecule has 0 aromatic rings. The van der Waals surface area contributed by atoms with Crippen molar-refractivity contribution in [3.63, 3.8) is 0 Å². The van der Waals surface area contributed by atoms with E-state index in [1.807, 2.05) is 0 Å². The molecule has 3 N–H and O–H groups in total. The molecule has 0 fully saturated rings. The van der Waals surface area contributed by atoms with Gasteiger partial charge in [0.1, 0.15) is 17.7 Å². The summed E-state index contributed by atoms with van der Waals surface area (Å²) >= 11 is 0. The van der Waals surface area contributed by atoms with Gasteiger partial charge in [-0.1, -0.05) is 0 Å². The molecule has 0 aromatic heterocycles. The van der Waals surface area contributed by atoms with Gasteiger partial charge in [0.05, 0.1) is 0 Å². The second-order valence-electron chi connectivity index (χ2n) is 6.65. The van der Waals surface area contributed by atoms with Gasteiger partial charge in [0.15, 0.2) is 0 Å². The number of carboxylic acids is 1. The molecule has 0 saturated heterocycles. The summed E-state index contributed by atoms with van der Waals surface area (Å²) in [6.45, 7) is 8.18. The highest BCUT2D eigenvalue weighted by molar-refractivity contribution is 5.89. The minimum atomic E-state index is -1.15. The van der Waals surface area contributed by atoms with Crippen molar-refractivity contribution in [1.29, 1.82) is 0 Å². The summed E-state index contributed by atoms with van der Waals surface area (Å²) in [5.41, 5.74) is -0.523. The Kier molecular flexibility index (Phi) is 9.02. The van der Waals surface area contributed by atoms with Crippen molar-refractivity contribution in [1.82, 2.24) is 10.6 Å². The minimum Gasteiger partial charge on any atom is -0.480 e. The lowest BCUT2D eigenvalue weighted by Crippen LogP contribution is -2.49. The highest BCUT2D eigenvalue weighted by Crippen LogP contribution is 2.10. The Balaban J connectivity index is 3.99. The average molecular weight is 344 g/mol. The summed E-state index contributed by atoms with van der Waals surface area (Å²) in [5.74, 6) is -2.35. The highest BCUT2D eigenvalue weighted by Gasteiger charge is 2.20. The van der Waals surface area contributed by atoms with Crippen molar-refractivity contribution in [2.75, 3.05) is 0 Å². The summed E-state index contributed by atoms with van der Waals surface area (Å²) in [6.07, 6.45) is 1.41. The van der Waals surface area contributed by atoms with E-state index in [2.05, 4.69) is 10.6 Å². The van der Waals surface area contributed by atoms with Gasteiger partial charge < -0.3 is 20.5 Å². The Morgan fingerprint density at radius 3 is 2.00 bits per heavy atom. The van der Waals surface area contributed by atoms with Crippen LogP contribution in [0, 0.1) is 0 Å². The van der Waals surface area contributed by atoms with Gasteiger partial charge in [-0.15, -0.1) is 0 Å². The molecule has 8 heteroatoms. The van der Waals surface area contributed by atoms with E-state index < -0.39 is 29.6 Å². The number of unbranched alkanes of at least 4 members (excludes halogenated alkanes) is 1. The molecule has 0 aliphatic heterocycles. The van der Waals surface area contributed by atoms with E-state index in [9.17, 15) is 19.2 Å². The Morgan fingerprint density at radius 1 is 0.958 bits per heavy atom. The Bertz CT molecular complexity index is 470. The van der Waals surface area contributed by atoms with E-state index in [0.717, 1.165) is 0 Å². The van der Waals surface area contributed by atoms with Crippen LogP contribution in [0.25, 0.3) is 0 Å². The van der Waals surface area contributed by atoms with Gasteiger partial charge >= 0.3 is 11.9 Å². The first-order valence-electron chi connectivity index (χ1n) is 7.96. The Morgan fingerprint density at radius 2 is 1.50 bits per heavy atom. The Hall–Kier alpha value is -2.12. The van der Waals surface area contributed by atoms with Crippen LogP contribution >= 0.6 is 0 Å². The fraction of sp³-hybridized carbons (Fsp3) is 0.750. The number of aliphatic carboxylic acids is 1. The molecule has 8 nitrogen and oxygen atoms in total. The maximum absolute atomic E-state index is 11.7. The first-order chi connectivity index (χ1) is 10.9. The molecule has 0 aromatic carbocycles. The van der Waals surface area contributed by atoms with Crippen molar-refractivity contribution >= 4 is 23.8 Å². The van der Waals surface area contributed by atoms with Crippen LogP contribution < -0.4 is 10.6 Å². The molecule has 0 heterocycles. The van der Waals surface area contributed by atoms with Crippen LogP contribution in [0.15, 0.2) is 0 Å². The maximum atomic E-state index is 11.7. The van der Waals surface area contributed by atoms with E-state index in [0.29, 0.717) is 12.8 Å². The fourth-order valence-corrected chi connectivity index (χ4v) is 1.73. The molecule has 2 atom stereocenters. The molecule has 0 aliphatic rings. The van der Waals surface area contributed by atoms with Crippen molar-refractivity contribution in [2.24, 2.45) is 0 Å². The third-order valence-corrected chi connectivity index (χ3v) is 2.95. The van der Waals surface area contributed by atoms with E-state index in [-0.39, 0.29) is 24.7 Å². The highest BCUT2D eigenvalue weighted by atomic mass is 16.6. The van der Waals surface area contributed by atoms with Crippen molar-refractivity contribution in [3.8, 4) is 0 Å². The number of amides is 2. The molecule has 0 radical (unpaired) electrons. The second-order valence-corrected chi connectivity index (χ2v) is 6.65. The molecule has 0 aliphatic carbocycles. The van der Waals surface area contributed by atoms with Crippen LogP contribution in [0.3, 0.4) is 0 Å². The second kappa shape index (κ2) is 9.89. The number of carbonyl (C=O) groups is 4. The van der Waals surface area contributed by atoms with Crippen LogP contribution in [-0.2, 0) is 23.9 Å². The number of nitrogens with one attached hydrogen (secondary N) is 2. The average Bonchev–Trinajstić information content (AvgIpc) is 2.41. The van der Waals surface area contributed by atoms with Gasteiger partial charge in [0, 0.05) is 12.8 Å². The number of esters is 1. The maximum Gasteiger partial charge on any atom is 0.325 e. The fourth-order valence-electron chi connectivity index (χ4n) is 1.73. The van der Waals surface area contributed by atoms with Gasteiger partial charge in [-0.3, -0.25) is 19.2 Å². The SMILES string of the molecule is C[C@H](NC(=O)[C@H](C)NC(=O)CCCCC(=O)OC(C)(C)C)C(=O)O. The van der Waals surface area contributed by atoms with Gasteiger partial charge in [-0.05, 0) is 47.5 Å². The standard InChI is InChI=1S/C16H28N2O6/c1-10(14(21)18-11(2)15(22)23)17-12(19)8-6-7-9-13(20)24-16(3,4)5/h10-11H,6-9H2,1-5H3,(H,17,19)(H,18,21)(H,22,23)/t10-,11-/m0/s1. The molecule has 0 spiro atoms. The normalized spacial score (nSPS) is 13.5. The number of carbonyl (C=O) groups excluding carboxylic acids is 3. The predicted molar refractivity (Wildman–Crippen MR) is 87.2 cm³/mol. The molecule has 0 saturated carbocycles. The van der Waals surface area contributed by atoms with E-state index >= 15 is 0 Å². The lowest BCUT2D eigenvalue weighted by molar-refractivity contribution is -0.155. The molecular weight excluding hydrogens is 316 g/mol. The van der Waals surface area contributed by atoms with Crippen LogP contribution in [0.5, 0.6) is 0 Å². The monoisotopic (exact) mass is 344 g/mol. The molecular formula is C16H28N2O6. The summed E-state index contributed by atoms with van der Waals surface area (Å²) in [5, 5.41) is 13.5. The lowest BCUT2D eigenvalue weighted by atomic mass is 10.1. The van der Waals surface area contributed by atoms with Gasteiger partial charge in [-0.25, -0.2) is 0 Å². The third-order valence-electron chi connectivity index (χ3n) is 2.95. The third kappa shape index (κ3) is 10.6. The van der Waals surface area contributed by atoms with Crippen molar-refractivity contribution in [2.45, 2.75) is 78.0 Å². The number of hydrogen-bond acceptors (Lipinski definition) is 5. The topological polar surface area (TPSA) is 122 Å². The lowest BCUT2D eigenvalue weighted by Gasteiger charge is -2.19. The smallest absolute Gasteiger partial charge is 0.325 e. The van der Waals surface area contributed by atoms with E-state index in [4.69, 9.17) is 9.84 Å². The van der Waals surface area contributed by atoms with Crippen LogP contribution in [0.1, 0.15) is 60.3 Å². The molecule has 24 heavy (non-hydrogen) atoms. The molecule has 138 valence electrons. The molecule has 0 bridgehead atoms. The number of ether oxygens (including phenoxy) is 1.